The van der Waals surface area contributed by atoms with E-state index < -0.39 is 64.6 Å². The summed E-state index contributed by atoms with van der Waals surface area (Å²) in [6.07, 6.45) is 0. The zero-order valence-corrected chi connectivity index (χ0v) is 38.4. The third-order valence-electron chi connectivity index (χ3n) is 9.55. The number of fused-ring (bicyclic) bond motifs is 5. The number of nitrogens with zero attached hydrogens (tertiary/aromatic N) is 10. The number of carbonyl (C=O) groups is 1. The van der Waals surface area contributed by atoms with Gasteiger partial charge in [-0.15, -0.1) is 39.4 Å². The molecule has 352 valence electrons. The van der Waals surface area contributed by atoms with Crippen LogP contribution in [-0.4, -0.2) is 66.9 Å². The molecule has 3 heterocycles. The first-order chi connectivity index (χ1) is 32.9. The molecular weight excluding hydrogens is 1010 g/mol. The lowest BCUT2D eigenvalue weighted by Gasteiger charge is -2.12. The van der Waals surface area contributed by atoms with Gasteiger partial charge in [-0.25, -0.2) is 20.5 Å². The highest BCUT2D eigenvalue weighted by Crippen LogP contribution is 2.48. The number of pyridine rings is 1. The van der Waals surface area contributed by atoms with E-state index in [1.807, 2.05) is 6.07 Å². The predicted molar refractivity (Wildman–Crippen MR) is 243 cm³/mol. The van der Waals surface area contributed by atoms with Gasteiger partial charge in [-0.1, -0.05) is 33.5 Å². The van der Waals surface area contributed by atoms with Crippen LogP contribution in [0.3, 0.4) is 0 Å². The molecule has 0 saturated carbocycles. The van der Waals surface area contributed by atoms with Crippen molar-refractivity contribution in [2.45, 2.75) is 33.4 Å². The maximum absolute atomic E-state index is 12.8. The number of phenols is 1. The van der Waals surface area contributed by atoms with Gasteiger partial charge in [0.15, 0.2) is 17.1 Å². The van der Waals surface area contributed by atoms with E-state index in [9.17, 15) is 46.2 Å². The summed E-state index contributed by atoms with van der Waals surface area (Å²) in [6.45, 7) is 2.57. The molecule has 0 aliphatic rings. The van der Waals surface area contributed by atoms with E-state index in [-0.39, 0.29) is 66.7 Å². The molecule has 0 bridgehead atoms. The van der Waals surface area contributed by atoms with E-state index in [1.54, 1.807) is 42.5 Å². The van der Waals surface area contributed by atoms with Gasteiger partial charge in [0.25, 0.3) is 20.2 Å². The maximum Gasteiger partial charge on any atom is 0.296 e. The Bertz CT molecular complexity index is 3800. The molecule has 0 atom stereocenters. The lowest BCUT2D eigenvalue weighted by molar-refractivity contribution is -0.432. The summed E-state index contributed by atoms with van der Waals surface area (Å²) in [5.74, 6) is -2.02. The lowest BCUT2D eigenvalue weighted by atomic mass is 10.1. The Kier molecular flexibility index (Phi) is 13.6. The predicted octanol–water partition coefficient (Wildman–Crippen LogP) is 10.4. The van der Waals surface area contributed by atoms with Crippen LogP contribution in [0, 0.1) is 18.3 Å². The highest BCUT2D eigenvalue weighted by Gasteiger charge is 2.26. The number of amides is 1. The fourth-order valence-electron chi connectivity index (χ4n) is 6.64. The third kappa shape index (κ3) is 9.90. The molecule has 0 spiro atoms. The summed E-state index contributed by atoms with van der Waals surface area (Å²) in [5.41, 5.74) is -1.09. The summed E-state index contributed by atoms with van der Waals surface area (Å²) in [7, 11) is -10.3. The normalized spacial score (nSPS) is 12.5. The van der Waals surface area contributed by atoms with Crippen molar-refractivity contribution in [3.8, 4) is 17.7 Å². The van der Waals surface area contributed by atoms with Crippen molar-refractivity contribution in [1.29, 1.82) is 5.26 Å². The zero-order chi connectivity index (χ0) is 49.4. The highest BCUT2D eigenvalue weighted by molar-refractivity contribution is 7.95. The number of benzene rings is 5. The molecule has 1 amide bonds. The van der Waals surface area contributed by atoms with Gasteiger partial charge in [0.05, 0.1) is 55.9 Å². The topological polar surface area (TPSA) is 384 Å². The first-order valence-electron chi connectivity index (χ1n) is 18.6. The number of phenolic OH excluding ortho intramolecular Hbond substituents is 1. The molecule has 0 aliphatic carbocycles. The summed E-state index contributed by atoms with van der Waals surface area (Å²) in [6, 6.07) is 18.3. The minimum absolute atomic E-state index is 0.000850. The van der Waals surface area contributed by atoms with E-state index in [2.05, 4.69) is 64.7 Å². The van der Waals surface area contributed by atoms with Gasteiger partial charge >= 0.3 is 0 Å². The van der Waals surface area contributed by atoms with Crippen molar-refractivity contribution in [2.75, 3.05) is 5.32 Å². The fourth-order valence-corrected chi connectivity index (χ4v) is 9.70. The van der Waals surface area contributed by atoms with Crippen molar-refractivity contribution >= 4 is 138 Å². The van der Waals surface area contributed by atoms with Gasteiger partial charge in [-0.3, -0.25) is 18.3 Å². The number of aromatic nitrogens is 3. The van der Waals surface area contributed by atoms with Gasteiger partial charge in [0.1, 0.15) is 44.2 Å². The molecule has 8 rings (SSSR count). The van der Waals surface area contributed by atoms with Crippen molar-refractivity contribution in [3.05, 3.63) is 83.9 Å². The smallest absolute Gasteiger partial charge is 0.296 e. The van der Waals surface area contributed by atoms with Gasteiger partial charge in [-0.05, 0) is 73.0 Å². The summed E-state index contributed by atoms with van der Waals surface area (Å²) in [5, 5.41) is 84.2. The van der Waals surface area contributed by atoms with Gasteiger partial charge in [0.2, 0.25) is 16.9 Å². The minimum Gasteiger partial charge on any atom is -0.505 e. The SMILES string of the molecule is CC(=O)Nc1cc(N=Nc2c(SOOO)cc3cc(S(=O)(=O)O)c(N=Nc4c(C)c(C#N)c5nc6ccccc6n5c4O)cc3c2O)c(S(=O)(=O)O)cc1N=Nc1nc2ccc(SOOO)cc2s1. The van der Waals surface area contributed by atoms with Crippen LogP contribution in [0.1, 0.15) is 18.1 Å². The molecule has 0 aliphatic heterocycles. The lowest BCUT2D eigenvalue weighted by Crippen LogP contribution is -2.07. The number of anilines is 1. The quantitative estimate of drug-likeness (QED) is 0.0165. The Morgan fingerprint density at radius 3 is 2.16 bits per heavy atom. The molecule has 0 unspecified atom stereocenters. The monoisotopic (exact) mass is 1040 g/mol. The Labute approximate surface area is 397 Å². The Morgan fingerprint density at radius 1 is 0.797 bits per heavy atom. The number of para-hydroxylation sites is 2. The summed E-state index contributed by atoms with van der Waals surface area (Å²) >= 11 is 1.95. The van der Waals surface area contributed by atoms with Crippen LogP contribution < -0.4 is 5.32 Å². The van der Waals surface area contributed by atoms with E-state index in [0.717, 1.165) is 48.6 Å². The third-order valence-corrected chi connectivity index (χ3v) is 13.4. The van der Waals surface area contributed by atoms with Crippen LogP contribution in [0.5, 0.6) is 11.6 Å². The second-order valence-electron chi connectivity index (χ2n) is 13.8. The molecule has 26 nitrogen and oxygen atoms in total. The second-order valence-corrected chi connectivity index (χ2v) is 19.1. The largest absolute Gasteiger partial charge is 0.505 e. The number of hydrogen-bond donors (Lipinski definition) is 7. The van der Waals surface area contributed by atoms with E-state index >= 15 is 0 Å². The molecule has 8 aromatic rings. The van der Waals surface area contributed by atoms with Crippen molar-refractivity contribution in [1.82, 2.24) is 14.4 Å². The average Bonchev–Trinajstić information content (AvgIpc) is 3.90. The Hall–Kier alpha value is -7.16. The van der Waals surface area contributed by atoms with E-state index in [0.29, 0.717) is 38.2 Å². The molecule has 0 fully saturated rings. The van der Waals surface area contributed by atoms with E-state index in [1.165, 1.54) is 11.3 Å². The molecule has 5 aromatic carbocycles. The van der Waals surface area contributed by atoms with Crippen molar-refractivity contribution < 1.29 is 70.2 Å². The molecule has 3 aromatic heterocycles. The Balaban J connectivity index is 1.24. The van der Waals surface area contributed by atoms with Crippen LogP contribution in [-0.2, 0) is 43.8 Å². The maximum atomic E-state index is 12.8. The summed E-state index contributed by atoms with van der Waals surface area (Å²) in [4.78, 5) is 19.5. The van der Waals surface area contributed by atoms with Gasteiger partial charge in [-0.2, -0.15) is 22.1 Å². The number of rotatable bonds is 15. The fraction of sp³-hybridized carbons (Fsp3) is 0.0526. The minimum atomic E-state index is -5.19. The first-order valence-corrected chi connectivity index (χ1v) is 23.8. The number of azo groups is 3. The summed E-state index contributed by atoms with van der Waals surface area (Å²) < 4.78 is 82.6. The van der Waals surface area contributed by atoms with Crippen LogP contribution >= 0.6 is 35.4 Å². The number of carbonyl (C=O) groups excluding carboxylic acids is 1. The molecule has 0 radical (unpaired) electrons. The molecule has 7 N–H and O–H groups in total. The zero-order valence-electron chi connectivity index (χ0n) is 34.3. The second kappa shape index (κ2) is 19.4. The van der Waals surface area contributed by atoms with Crippen LogP contribution in [0.25, 0.3) is 37.7 Å². The average molecular weight is 1040 g/mol. The molecule has 69 heavy (non-hydrogen) atoms. The number of nitrogens with one attached hydrogen (secondary N) is 1. The van der Waals surface area contributed by atoms with Crippen molar-refractivity contribution in [3.63, 3.8) is 0 Å². The van der Waals surface area contributed by atoms with Gasteiger partial charge < -0.3 is 15.5 Å². The number of aromatic hydroxyl groups is 2. The number of nitriles is 1. The van der Waals surface area contributed by atoms with Gasteiger partial charge in [0, 0.05) is 22.8 Å². The Morgan fingerprint density at radius 2 is 1.46 bits per heavy atom. The highest BCUT2D eigenvalue weighted by atomic mass is 32.2. The molecule has 0 saturated heterocycles. The standard InChI is InChI=1S/C38H25N11O15S5/c1-16-21(15-39)36-41-22-5-3-4-6-28(22)49(36)37(52)33(16)46-44-26-12-20-18(10-31(26)68(55,56)57)9-30(67-64-62-54)34(35(20)51)47-45-27-13-24(40-17(2)50)25(14-32(27)69(58,59)60)43-48-38-42-23-8-7-19(66-63-61-53)11-29(23)65-38/h3-14,51-54H,1-2H3,(H,40,50)(H,55,56,57)(H,58,59,60). The number of imidazole rings is 1. The molecular formula is C38H25N11O15S5. The van der Waals surface area contributed by atoms with E-state index in [4.69, 9.17) is 10.5 Å². The molecule has 31 heteroatoms. The van der Waals surface area contributed by atoms with Crippen LogP contribution in [0.4, 0.5) is 39.3 Å². The van der Waals surface area contributed by atoms with Crippen LogP contribution in [0.15, 0.2) is 123 Å². The number of hydrogen-bond acceptors (Lipinski definition) is 25. The number of thiazole rings is 1. The van der Waals surface area contributed by atoms with Crippen molar-refractivity contribution in [2.24, 2.45) is 30.7 Å². The first kappa shape index (κ1) is 48.3. The van der Waals surface area contributed by atoms with Crippen LogP contribution in [0.2, 0.25) is 0 Å².